The number of nitrogens with zero attached hydrogens (tertiary/aromatic N) is 2. The van der Waals surface area contributed by atoms with Crippen LogP contribution in [0.5, 0.6) is 0 Å². The summed E-state index contributed by atoms with van der Waals surface area (Å²) in [6, 6.07) is 6.27. The second-order valence-corrected chi connectivity index (χ2v) is 8.44. The van der Waals surface area contributed by atoms with Gasteiger partial charge in [-0.3, -0.25) is 0 Å². The second-order valence-electron chi connectivity index (χ2n) is 7.69. The molecule has 6 heteroatoms. The lowest BCUT2D eigenvalue weighted by Gasteiger charge is -2.31. The molecule has 0 aliphatic carbocycles. The second kappa shape index (κ2) is 8.91. The van der Waals surface area contributed by atoms with Crippen LogP contribution < -0.4 is 5.73 Å². The zero-order valence-electron chi connectivity index (χ0n) is 16.9. The standard InChI is InChI=1S/C21H30BrN3O2/c1-6-14-9-8-10-15(7-2)18(14)24-19(22)16-13-25(12-11-17(16)23)20(26)27-21(3,4)5/h8-10H,6-7,11-13,23H2,1-5H3. The molecule has 0 radical (unpaired) electrons. The highest BCUT2D eigenvalue weighted by atomic mass is 79.9. The molecule has 1 aromatic carbocycles. The first-order chi connectivity index (χ1) is 12.7. The van der Waals surface area contributed by atoms with Crippen LogP contribution >= 0.6 is 15.9 Å². The Balaban J connectivity index is 2.31. The van der Waals surface area contributed by atoms with Gasteiger partial charge in [0.2, 0.25) is 0 Å². The zero-order valence-corrected chi connectivity index (χ0v) is 18.5. The average molecular weight is 436 g/mol. The lowest BCUT2D eigenvalue weighted by molar-refractivity contribution is 0.0262. The van der Waals surface area contributed by atoms with Gasteiger partial charge in [-0.2, -0.15) is 0 Å². The van der Waals surface area contributed by atoms with Crippen LogP contribution in [-0.4, -0.2) is 34.3 Å². The first-order valence-electron chi connectivity index (χ1n) is 9.47. The quantitative estimate of drug-likeness (QED) is 0.669. The largest absolute Gasteiger partial charge is 0.444 e. The van der Waals surface area contributed by atoms with Crippen molar-refractivity contribution in [3.8, 4) is 0 Å². The first-order valence-corrected chi connectivity index (χ1v) is 10.3. The third kappa shape index (κ3) is 5.58. The van der Waals surface area contributed by atoms with Crippen molar-refractivity contribution in [2.75, 3.05) is 13.1 Å². The molecule has 2 rings (SSSR count). The summed E-state index contributed by atoms with van der Waals surface area (Å²) in [7, 11) is 0. The van der Waals surface area contributed by atoms with Crippen LogP contribution in [-0.2, 0) is 17.6 Å². The summed E-state index contributed by atoms with van der Waals surface area (Å²) in [5.41, 5.74) is 10.7. The van der Waals surface area contributed by atoms with E-state index in [0.29, 0.717) is 24.1 Å². The molecule has 5 nitrogen and oxygen atoms in total. The number of hydrogen-bond donors (Lipinski definition) is 1. The summed E-state index contributed by atoms with van der Waals surface area (Å²) in [6.45, 7) is 10.8. The van der Waals surface area contributed by atoms with Crippen LogP contribution in [0.2, 0.25) is 0 Å². The zero-order chi connectivity index (χ0) is 20.2. The highest BCUT2D eigenvalue weighted by molar-refractivity contribution is 9.18. The fourth-order valence-electron chi connectivity index (χ4n) is 2.98. The number of nitrogens with two attached hydrogens (primary N) is 1. The van der Waals surface area contributed by atoms with Crippen LogP contribution in [0.1, 0.15) is 52.2 Å². The Morgan fingerprint density at radius 3 is 2.37 bits per heavy atom. The Kier molecular flexibility index (Phi) is 7.09. The Bertz CT molecular complexity index is 741. The van der Waals surface area contributed by atoms with Gasteiger partial charge in [-0.25, -0.2) is 9.79 Å². The van der Waals surface area contributed by atoms with Crippen molar-refractivity contribution < 1.29 is 9.53 Å². The number of carbonyl (C=O) groups excluding carboxylic acids is 1. The Hall–Kier alpha value is -1.82. The Labute approximate surface area is 170 Å². The van der Waals surface area contributed by atoms with Crippen LogP contribution in [0.3, 0.4) is 0 Å². The van der Waals surface area contributed by atoms with Gasteiger partial charge < -0.3 is 15.4 Å². The number of halogens is 1. The van der Waals surface area contributed by atoms with Gasteiger partial charge in [0.15, 0.2) is 0 Å². The fraction of sp³-hybridized carbons (Fsp3) is 0.524. The maximum absolute atomic E-state index is 12.4. The number of aliphatic imine (C=N–C) groups is 1. The lowest BCUT2D eigenvalue weighted by Crippen LogP contribution is -2.42. The number of benzene rings is 1. The van der Waals surface area contributed by atoms with Crippen molar-refractivity contribution in [2.24, 2.45) is 10.7 Å². The molecule has 1 aromatic rings. The van der Waals surface area contributed by atoms with Gasteiger partial charge in [0.05, 0.1) is 12.2 Å². The van der Waals surface area contributed by atoms with Gasteiger partial charge >= 0.3 is 6.09 Å². The van der Waals surface area contributed by atoms with Crippen LogP contribution in [0.4, 0.5) is 10.5 Å². The van der Waals surface area contributed by atoms with Crippen LogP contribution in [0.15, 0.2) is 34.5 Å². The van der Waals surface area contributed by atoms with Crippen molar-refractivity contribution in [3.05, 3.63) is 40.6 Å². The predicted molar refractivity (Wildman–Crippen MR) is 115 cm³/mol. The van der Waals surface area contributed by atoms with Crippen molar-refractivity contribution in [2.45, 2.75) is 59.5 Å². The fourth-order valence-corrected chi connectivity index (χ4v) is 3.54. The predicted octanol–water partition coefficient (Wildman–Crippen LogP) is 5.09. The normalized spacial score (nSPS) is 15.9. The molecule has 0 saturated heterocycles. The minimum atomic E-state index is -0.522. The minimum Gasteiger partial charge on any atom is -0.444 e. The molecule has 0 bridgehead atoms. The molecule has 1 aliphatic heterocycles. The SMILES string of the molecule is CCc1cccc(CC)c1N=C(Br)C1=C(N)CCN(C(=O)OC(C)(C)C)C1. The molecule has 0 spiro atoms. The van der Waals surface area contributed by atoms with Gasteiger partial charge in [0, 0.05) is 24.2 Å². The molecule has 0 fully saturated rings. The maximum Gasteiger partial charge on any atom is 0.410 e. The van der Waals surface area contributed by atoms with Gasteiger partial charge in [0.25, 0.3) is 0 Å². The summed E-state index contributed by atoms with van der Waals surface area (Å²) >= 11 is 3.61. The van der Waals surface area contributed by atoms with Gasteiger partial charge in [-0.15, -0.1) is 0 Å². The van der Waals surface area contributed by atoms with E-state index in [2.05, 4.69) is 48.0 Å². The first kappa shape index (κ1) is 21.5. The number of hydrogen-bond acceptors (Lipinski definition) is 4. The average Bonchev–Trinajstić information content (AvgIpc) is 2.60. The minimum absolute atomic E-state index is 0.323. The molecule has 0 atom stereocenters. The number of rotatable bonds is 4. The topological polar surface area (TPSA) is 67.9 Å². The Morgan fingerprint density at radius 2 is 1.85 bits per heavy atom. The van der Waals surface area contributed by atoms with E-state index >= 15 is 0 Å². The van der Waals surface area contributed by atoms with E-state index < -0.39 is 5.60 Å². The summed E-state index contributed by atoms with van der Waals surface area (Å²) in [6.07, 6.45) is 2.10. The number of ether oxygens (including phenoxy) is 1. The van der Waals surface area contributed by atoms with E-state index in [1.807, 2.05) is 20.8 Å². The van der Waals surface area contributed by atoms with Crippen molar-refractivity contribution in [1.82, 2.24) is 4.90 Å². The molecular weight excluding hydrogens is 406 g/mol. The molecule has 0 aromatic heterocycles. The maximum atomic E-state index is 12.4. The monoisotopic (exact) mass is 435 g/mol. The molecule has 0 unspecified atom stereocenters. The summed E-state index contributed by atoms with van der Waals surface area (Å²) in [5, 5.41) is 0. The molecule has 1 heterocycles. The molecule has 27 heavy (non-hydrogen) atoms. The number of amides is 1. The van der Waals surface area contributed by atoms with E-state index in [4.69, 9.17) is 15.5 Å². The van der Waals surface area contributed by atoms with E-state index in [-0.39, 0.29) is 6.09 Å². The molecular formula is C21H30BrN3O2. The lowest BCUT2D eigenvalue weighted by atomic mass is 10.0. The molecule has 1 amide bonds. The third-order valence-corrected chi connectivity index (χ3v) is 5.12. The van der Waals surface area contributed by atoms with Gasteiger partial charge in [-0.05, 0) is 60.7 Å². The highest BCUT2D eigenvalue weighted by Crippen LogP contribution is 2.29. The summed E-state index contributed by atoms with van der Waals surface area (Å²) in [5.74, 6) is 0. The summed E-state index contributed by atoms with van der Waals surface area (Å²) < 4.78 is 6.18. The van der Waals surface area contributed by atoms with Crippen molar-refractivity contribution in [3.63, 3.8) is 0 Å². The van der Waals surface area contributed by atoms with Crippen molar-refractivity contribution >= 4 is 32.3 Å². The number of aryl methyl sites for hydroxylation is 2. The molecule has 0 saturated carbocycles. The van der Waals surface area contributed by atoms with Crippen LogP contribution in [0, 0.1) is 0 Å². The van der Waals surface area contributed by atoms with E-state index in [9.17, 15) is 4.79 Å². The molecule has 2 N–H and O–H groups in total. The van der Waals surface area contributed by atoms with Gasteiger partial charge in [-0.1, -0.05) is 32.0 Å². The van der Waals surface area contributed by atoms with Crippen molar-refractivity contribution in [1.29, 1.82) is 0 Å². The van der Waals surface area contributed by atoms with Crippen LogP contribution in [0.25, 0.3) is 0 Å². The summed E-state index contributed by atoms with van der Waals surface area (Å²) in [4.78, 5) is 19.0. The van der Waals surface area contributed by atoms with Gasteiger partial charge in [0.1, 0.15) is 10.2 Å². The Morgan fingerprint density at radius 1 is 1.26 bits per heavy atom. The van der Waals surface area contributed by atoms with E-state index in [1.54, 1.807) is 4.90 Å². The highest BCUT2D eigenvalue weighted by Gasteiger charge is 2.27. The number of carbonyl (C=O) groups is 1. The van der Waals surface area contributed by atoms with E-state index in [1.165, 1.54) is 11.1 Å². The number of para-hydroxylation sites is 1. The molecule has 1 aliphatic rings. The smallest absolute Gasteiger partial charge is 0.410 e. The molecule has 148 valence electrons. The third-order valence-electron chi connectivity index (χ3n) is 4.46. The van der Waals surface area contributed by atoms with E-state index in [0.717, 1.165) is 29.8 Å².